The summed E-state index contributed by atoms with van der Waals surface area (Å²) >= 11 is 0. The second-order valence-corrected chi connectivity index (χ2v) is 7.16. The molecule has 0 bridgehead atoms. The van der Waals surface area contributed by atoms with E-state index in [1.807, 2.05) is 12.1 Å². The number of nitrogens with zero attached hydrogens (tertiary/aromatic N) is 2. The third kappa shape index (κ3) is 5.04. The number of hydrogen-bond acceptors (Lipinski definition) is 4. The van der Waals surface area contributed by atoms with E-state index in [1.54, 1.807) is 13.2 Å². The van der Waals surface area contributed by atoms with E-state index in [4.69, 9.17) is 9.73 Å². The minimum absolute atomic E-state index is 0.218. The van der Waals surface area contributed by atoms with Crippen molar-refractivity contribution in [1.29, 1.82) is 0 Å². The zero-order valence-electron chi connectivity index (χ0n) is 16.0. The van der Waals surface area contributed by atoms with Crippen LogP contribution in [0.4, 0.5) is 0 Å². The van der Waals surface area contributed by atoms with Crippen molar-refractivity contribution >= 4 is 5.96 Å². The summed E-state index contributed by atoms with van der Waals surface area (Å²) < 4.78 is 5.17. The van der Waals surface area contributed by atoms with Crippen LogP contribution in [0.2, 0.25) is 0 Å². The monoisotopic (exact) mass is 360 g/mol. The molecule has 1 aromatic rings. The molecule has 1 aliphatic carbocycles. The molecule has 3 N–H and O–H groups in total. The molecule has 0 radical (unpaired) electrons. The smallest absolute Gasteiger partial charge is 0.191 e. The maximum Gasteiger partial charge on any atom is 0.191 e. The summed E-state index contributed by atoms with van der Waals surface area (Å²) in [6.45, 7) is 5.94. The number of piperidine rings is 1. The zero-order valence-corrected chi connectivity index (χ0v) is 16.0. The Labute approximate surface area is 156 Å². The van der Waals surface area contributed by atoms with E-state index in [1.165, 1.54) is 38.8 Å². The number of benzene rings is 1. The molecule has 2 aliphatic rings. The van der Waals surface area contributed by atoms with Gasteiger partial charge in [0.15, 0.2) is 17.5 Å². The van der Waals surface area contributed by atoms with Gasteiger partial charge in [0.25, 0.3) is 0 Å². The van der Waals surface area contributed by atoms with Gasteiger partial charge in [-0.25, -0.2) is 0 Å². The summed E-state index contributed by atoms with van der Waals surface area (Å²) in [5, 5.41) is 17.1. The van der Waals surface area contributed by atoms with Gasteiger partial charge < -0.3 is 25.4 Å². The Morgan fingerprint density at radius 1 is 1.27 bits per heavy atom. The Morgan fingerprint density at radius 3 is 2.69 bits per heavy atom. The number of ether oxygens (including phenoxy) is 1. The maximum absolute atomic E-state index is 10.2. The molecule has 0 atom stereocenters. The van der Waals surface area contributed by atoms with E-state index in [-0.39, 0.29) is 5.75 Å². The SMILES string of the molecule is CCNC(=NCCc1cccc(OC)c1O)NC1CCN(C2CC2)CC1. The molecule has 0 amide bonds. The molecular weight excluding hydrogens is 328 g/mol. The highest BCUT2D eigenvalue weighted by atomic mass is 16.5. The lowest BCUT2D eigenvalue weighted by molar-refractivity contribution is 0.197. The standard InChI is InChI=1S/C20H32N4O2/c1-3-21-20(23-16-10-13-24(14-11-16)17-7-8-17)22-12-9-15-5-4-6-18(26-2)19(15)25/h4-6,16-17,25H,3,7-14H2,1-2H3,(H2,21,22,23). The topological polar surface area (TPSA) is 69.1 Å². The van der Waals surface area contributed by atoms with Crippen molar-refractivity contribution < 1.29 is 9.84 Å². The molecule has 144 valence electrons. The van der Waals surface area contributed by atoms with E-state index in [9.17, 15) is 5.11 Å². The lowest BCUT2D eigenvalue weighted by atomic mass is 10.1. The van der Waals surface area contributed by atoms with Gasteiger partial charge in [-0.15, -0.1) is 0 Å². The fourth-order valence-corrected chi connectivity index (χ4v) is 3.58. The van der Waals surface area contributed by atoms with Crippen molar-refractivity contribution in [2.24, 2.45) is 4.99 Å². The predicted octanol–water partition coefficient (Wildman–Crippen LogP) is 2.13. The van der Waals surface area contributed by atoms with Crippen molar-refractivity contribution in [3.8, 4) is 11.5 Å². The third-order valence-electron chi connectivity index (χ3n) is 5.23. The number of nitrogens with one attached hydrogen (secondary N) is 2. The first-order chi connectivity index (χ1) is 12.7. The number of methoxy groups -OCH3 is 1. The molecule has 1 aliphatic heterocycles. The van der Waals surface area contributed by atoms with Gasteiger partial charge in [0.2, 0.25) is 0 Å². The summed E-state index contributed by atoms with van der Waals surface area (Å²) in [5.74, 6) is 1.61. The highest BCUT2D eigenvalue weighted by molar-refractivity contribution is 5.80. The van der Waals surface area contributed by atoms with Crippen LogP contribution in [-0.2, 0) is 6.42 Å². The molecular formula is C20H32N4O2. The molecule has 2 fully saturated rings. The average Bonchev–Trinajstić information content (AvgIpc) is 3.49. The molecule has 0 aromatic heterocycles. The number of guanidine groups is 1. The Morgan fingerprint density at radius 2 is 2.04 bits per heavy atom. The van der Waals surface area contributed by atoms with Gasteiger partial charge in [0.05, 0.1) is 7.11 Å². The van der Waals surface area contributed by atoms with Gasteiger partial charge in [-0.3, -0.25) is 4.99 Å². The average molecular weight is 361 g/mol. The number of phenolic OH excluding ortho intramolecular Hbond substituents is 1. The van der Waals surface area contributed by atoms with Crippen LogP contribution in [0.3, 0.4) is 0 Å². The van der Waals surface area contributed by atoms with E-state index in [0.717, 1.165) is 24.1 Å². The molecule has 1 heterocycles. The Balaban J connectivity index is 1.50. The number of para-hydroxylation sites is 1. The van der Waals surface area contributed by atoms with Gasteiger partial charge >= 0.3 is 0 Å². The maximum atomic E-state index is 10.2. The molecule has 1 saturated carbocycles. The summed E-state index contributed by atoms with van der Waals surface area (Å²) in [5.41, 5.74) is 0.863. The number of rotatable bonds is 7. The first kappa shape index (κ1) is 18.8. The van der Waals surface area contributed by atoms with Crippen molar-refractivity contribution in [1.82, 2.24) is 15.5 Å². The Hall–Kier alpha value is -1.95. The van der Waals surface area contributed by atoms with Gasteiger partial charge in [0, 0.05) is 38.3 Å². The second kappa shape index (κ2) is 9.12. The van der Waals surface area contributed by atoms with Crippen LogP contribution in [0, 0.1) is 0 Å². The Kier molecular flexibility index (Phi) is 6.61. The number of aliphatic imine (C=N–C) groups is 1. The largest absolute Gasteiger partial charge is 0.504 e. The van der Waals surface area contributed by atoms with Crippen molar-refractivity contribution in [3.05, 3.63) is 23.8 Å². The van der Waals surface area contributed by atoms with Crippen molar-refractivity contribution in [3.63, 3.8) is 0 Å². The highest BCUT2D eigenvalue weighted by Crippen LogP contribution is 2.30. The number of aromatic hydroxyl groups is 1. The summed E-state index contributed by atoms with van der Waals surface area (Å²) in [6, 6.07) is 6.94. The summed E-state index contributed by atoms with van der Waals surface area (Å²) in [7, 11) is 1.57. The van der Waals surface area contributed by atoms with Crippen LogP contribution in [0.5, 0.6) is 11.5 Å². The van der Waals surface area contributed by atoms with Crippen LogP contribution in [0.25, 0.3) is 0 Å². The first-order valence-corrected chi connectivity index (χ1v) is 9.85. The first-order valence-electron chi connectivity index (χ1n) is 9.85. The fraction of sp³-hybridized carbons (Fsp3) is 0.650. The second-order valence-electron chi connectivity index (χ2n) is 7.16. The zero-order chi connectivity index (χ0) is 18.4. The van der Waals surface area contributed by atoms with Crippen LogP contribution < -0.4 is 15.4 Å². The van der Waals surface area contributed by atoms with E-state index in [0.29, 0.717) is 24.8 Å². The van der Waals surface area contributed by atoms with E-state index < -0.39 is 0 Å². The lowest BCUT2D eigenvalue weighted by Gasteiger charge is -2.33. The molecule has 6 nitrogen and oxygen atoms in total. The van der Waals surface area contributed by atoms with Crippen LogP contribution in [0.15, 0.2) is 23.2 Å². The van der Waals surface area contributed by atoms with Crippen molar-refractivity contribution in [2.75, 3.05) is 33.3 Å². The molecule has 0 unspecified atom stereocenters. The van der Waals surface area contributed by atoms with Crippen LogP contribution >= 0.6 is 0 Å². The molecule has 1 saturated heterocycles. The quantitative estimate of drug-likeness (QED) is 0.513. The van der Waals surface area contributed by atoms with Gasteiger partial charge in [-0.05, 0) is 50.7 Å². The highest BCUT2D eigenvalue weighted by Gasteiger charge is 2.31. The molecule has 26 heavy (non-hydrogen) atoms. The Bertz CT molecular complexity index is 608. The molecule has 0 spiro atoms. The number of hydrogen-bond donors (Lipinski definition) is 3. The van der Waals surface area contributed by atoms with Gasteiger partial charge in [-0.1, -0.05) is 12.1 Å². The normalized spacial score (nSPS) is 19.4. The summed E-state index contributed by atoms with van der Waals surface area (Å²) in [6.07, 6.45) is 5.81. The van der Waals surface area contributed by atoms with E-state index in [2.05, 4.69) is 22.5 Å². The molecule has 6 heteroatoms. The van der Waals surface area contributed by atoms with Crippen LogP contribution in [-0.4, -0.2) is 61.3 Å². The fourth-order valence-electron chi connectivity index (χ4n) is 3.58. The minimum atomic E-state index is 0.218. The van der Waals surface area contributed by atoms with Crippen LogP contribution in [0.1, 0.15) is 38.2 Å². The third-order valence-corrected chi connectivity index (χ3v) is 5.23. The minimum Gasteiger partial charge on any atom is -0.504 e. The number of phenols is 1. The van der Waals surface area contributed by atoms with Crippen molar-refractivity contribution in [2.45, 2.75) is 51.1 Å². The predicted molar refractivity (Wildman–Crippen MR) is 105 cm³/mol. The van der Waals surface area contributed by atoms with Gasteiger partial charge in [0.1, 0.15) is 0 Å². The van der Waals surface area contributed by atoms with Gasteiger partial charge in [-0.2, -0.15) is 0 Å². The summed E-state index contributed by atoms with van der Waals surface area (Å²) in [4.78, 5) is 7.33. The number of likely N-dealkylation sites (tertiary alicyclic amines) is 1. The molecule has 3 rings (SSSR count). The van der Waals surface area contributed by atoms with E-state index >= 15 is 0 Å². The lowest BCUT2D eigenvalue weighted by Crippen LogP contribution is -2.49. The molecule has 1 aromatic carbocycles.